The summed E-state index contributed by atoms with van der Waals surface area (Å²) >= 11 is 0. The highest BCUT2D eigenvalue weighted by atomic mass is 19.1. The summed E-state index contributed by atoms with van der Waals surface area (Å²) in [7, 11) is 0. The van der Waals surface area contributed by atoms with Crippen LogP contribution < -0.4 is 5.73 Å². The minimum Gasteiger partial charge on any atom is -0.398 e. The van der Waals surface area contributed by atoms with Crippen LogP contribution in [0.15, 0.2) is 48.9 Å². The first-order valence-electron chi connectivity index (χ1n) is 8.90. The van der Waals surface area contributed by atoms with Crippen LogP contribution in [0.5, 0.6) is 0 Å². The van der Waals surface area contributed by atoms with Gasteiger partial charge in [0.15, 0.2) is 5.65 Å². The average Bonchev–Trinajstić information content (AvgIpc) is 3.31. The zero-order valence-electron chi connectivity index (χ0n) is 14.8. The van der Waals surface area contributed by atoms with E-state index in [9.17, 15) is 9.65 Å². The summed E-state index contributed by atoms with van der Waals surface area (Å²) in [6.45, 7) is 0. The van der Waals surface area contributed by atoms with Crippen LogP contribution in [0.2, 0.25) is 0 Å². The molecule has 1 aliphatic carbocycles. The Balaban J connectivity index is 1.70. The zero-order valence-corrected chi connectivity index (χ0v) is 14.8. The van der Waals surface area contributed by atoms with Gasteiger partial charge in [-0.05, 0) is 48.2 Å². The number of halogens is 1. The SMILES string of the molecule is N#Cc1cc(-c2c3cncnc3nn2C2Cc3cccc(N)c3C2)ccc1F. The third-order valence-corrected chi connectivity index (χ3v) is 5.29. The van der Waals surface area contributed by atoms with Crippen molar-refractivity contribution >= 4 is 16.7 Å². The zero-order chi connectivity index (χ0) is 19.3. The van der Waals surface area contributed by atoms with Gasteiger partial charge in [0.05, 0.1) is 22.7 Å². The first-order valence-corrected chi connectivity index (χ1v) is 8.90. The molecule has 0 amide bonds. The lowest BCUT2D eigenvalue weighted by molar-refractivity contribution is 0.484. The van der Waals surface area contributed by atoms with Crippen LogP contribution in [-0.4, -0.2) is 19.7 Å². The summed E-state index contributed by atoms with van der Waals surface area (Å²) in [6.07, 6.45) is 4.70. The molecule has 2 aromatic heterocycles. The Labute approximate surface area is 160 Å². The first kappa shape index (κ1) is 16.4. The molecule has 1 unspecified atom stereocenters. The van der Waals surface area contributed by atoms with Crippen molar-refractivity contribution in [2.24, 2.45) is 0 Å². The molecule has 2 N–H and O–H groups in total. The third-order valence-electron chi connectivity index (χ3n) is 5.29. The van der Waals surface area contributed by atoms with Crippen LogP contribution in [0.25, 0.3) is 22.3 Å². The topological polar surface area (TPSA) is 93.4 Å². The summed E-state index contributed by atoms with van der Waals surface area (Å²) in [5.74, 6) is -0.543. The standard InChI is InChI=1S/C21H15FN6/c22-18-5-4-13(6-14(18)9-23)20-17-10-25-11-26-21(17)27-28(20)15-7-12-2-1-3-19(24)16(12)8-15/h1-6,10-11,15H,7-8,24H2. The van der Waals surface area contributed by atoms with Crippen molar-refractivity contribution in [1.82, 2.24) is 19.7 Å². The van der Waals surface area contributed by atoms with E-state index < -0.39 is 5.82 Å². The van der Waals surface area contributed by atoms with Gasteiger partial charge in [0, 0.05) is 17.4 Å². The molecule has 2 aromatic carbocycles. The van der Waals surface area contributed by atoms with E-state index in [4.69, 9.17) is 10.8 Å². The largest absolute Gasteiger partial charge is 0.398 e. The van der Waals surface area contributed by atoms with Crippen LogP contribution in [-0.2, 0) is 12.8 Å². The van der Waals surface area contributed by atoms with Gasteiger partial charge in [0.25, 0.3) is 0 Å². The highest BCUT2D eigenvalue weighted by Gasteiger charge is 2.28. The average molecular weight is 370 g/mol. The molecular formula is C21H15FN6. The number of anilines is 1. The predicted molar refractivity (Wildman–Crippen MR) is 103 cm³/mol. The van der Waals surface area contributed by atoms with Crippen molar-refractivity contribution in [3.8, 4) is 17.3 Å². The van der Waals surface area contributed by atoms with Crippen molar-refractivity contribution in [3.05, 3.63) is 71.4 Å². The van der Waals surface area contributed by atoms with Crippen LogP contribution in [0.4, 0.5) is 10.1 Å². The van der Waals surface area contributed by atoms with Gasteiger partial charge < -0.3 is 5.73 Å². The second kappa shape index (κ2) is 6.13. The maximum Gasteiger partial charge on any atom is 0.184 e. The maximum atomic E-state index is 13.9. The number of nitrogen functional groups attached to an aromatic ring is 1. The van der Waals surface area contributed by atoms with E-state index in [0.717, 1.165) is 35.2 Å². The molecule has 0 aliphatic heterocycles. The number of rotatable bonds is 2. The second-order valence-electron chi connectivity index (χ2n) is 6.91. The maximum absolute atomic E-state index is 13.9. The molecular weight excluding hydrogens is 355 g/mol. The molecule has 136 valence electrons. The van der Waals surface area contributed by atoms with Gasteiger partial charge in [-0.2, -0.15) is 10.4 Å². The lowest BCUT2D eigenvalue weighted by Crippen LogP contribution is -2.12. The molecule has 5 rings (SSSR count). The Kier molecular flexibility index (Phi) is 3.59. The number of nitriles is 1. The van der Waals surface area contributed by atoms with Gasteiger partial charge in [-0.25, -0.2) is 14.4 Å². The molecule has 0 radical (unpaired) electrons. The van der Waals surface area contributed by atoms with Crippen molar-refractivity contribution in [3.63, 3.8) is 0 Å². The monoisotopic (exact) mass is 370 g/mol. The van der Waals surface area contributed by atoms with E-state index >= 15 is 0 Å². The first-order chi connectivity index (χ1) is 13.7. The normalized spacial score (nSPS) is 15.5. The van der Waals surface area contributed by atoms with E-state index in [0.29, 0.717) is 11.2 Å². The number of nitrogens with two attached hydrogens (primary N) is 1. The van der Waals surface area contributed by atoms with Crippen molar-refractivity contribution in [1.29, 1.82) is 5.26 Å². The molecule has 4 aromatic rings. The van der Waals surface area contributed by atoms with Crippen molar-refractivity contribution in [2.75, 3.05) is 5.73 Å². The van der Waals surface area contributed by atoms with Crippen LogP contribution in [0.1, 0.15) is 22.7 Å². The summed E-state index contributed by atoms with van der Waals surface area (Å²) in [4.78, 5) is 8.41. The summed E-state index contributed by atoms with van der Waals surface area (Å²) in [6, 6.07) is 12.4. The fourth-order valence-corrected chi connectivity index (χ4v) is 3.98. The number of benzene rings is 2. The third kappa shape index (κ3) is 2.42. The van der Waals surface area contributed by atoms with E-state index in [2.05, 4.69) is 16.0 Å². The molecule has 0 fully saturated rings. The minimum atomic E-state index is -0.543. The van der Waals surface area contributed by atoms with Gasteiger partial charge in [0.2, 0.25) is 0 Å². The van der Waals surface area contributed by atoms with E-state index in [1.54, 1.807) is 18.3 Å². The predicted octanol–water partition coefficient (Wildman–Crippen LogP) is 3.43. The summed E-state index contributed by atoms with van der Waals surface area (Å²) in [5, 5.41) is 14.7. The van der Waals surface area contributed by atoms with Gasteiger partial charge >= 0.3 is 0 Å². The number of hydrogen-bond acceptors (Lipinski definition) is 5. The van der Waals surface area contributed by atoms with E-state index in [1.807, 2.05) is 22.9 Å². The quantitative estimate of drug-likeness (QED) is 0.546. The molecule has 0 bridgehead atoms. The molecule has 0 saturated heterocycles. The van der Waals surface area contributed by atoms with Crippen LogP contribution >= 0.6 is 0 Å². The Bertz CT molecular complexity index is 1270. The lowest BCUT2D eigenvalue weighted by atomic mass is 10.1. The number of hydrogen-bond donors (Lipinski definition) is 1. The molecule has 6 nitrogen and oxygen atoms in total. The van der Waals surface area contributed by atoms with Gasteiger partial charge in [-0.1, -0.05) is 12.1 Å². The molecule has 1 aliphatic rings. The highest BCUT2D eigenvalue weighted by Crippen LogP contribution is 2.38. The number of nitrogens with zero attached hydrogens (tertiary/aromatic N) is 5. The molecule has 28 heavy (non-hydrogen) atoms. The molecule has 1 atom stereocenters. The molecule has 0 saturated carbocycles. The number of fused-ring (bicyclic) bond motifs is 2. The van der Waals surface area contributed by atoms with Crippen molar-refractivity contribution < 1.29 is 4.39 Å². The highest BCUT2D eigenvalue weighted by molar-refractivity contribution is 5.91. The summed E-state index contributed by atoms with van der Waals surface area (Å²) in [5.41, 5.74) is 11.3. The second-order valence-corrected chi connectivity index (χ2v) is 6.91. The fraction of sp³-hybridized carbons (Fsp3) is 0.143. The summed E-state index contributed by atoms with van der Waals surface area (Å²) < 4.78 is 15.8. The van der Waals surface area contributed by atoms with Crippen molar-refractivity contribution in [2.45, 2.75) is 18.9 Å². The molecule has 0 spiro atoms. The van der Waals surface area contributed by atoms with E-state index in [1.165, 1.54) is 18.0 Å². The van der Waals surface area contributed by atoms with Crippen LogP contribution in [0, 0.1) is 17.1 Å². The molecule has 7 heteroatoms. The smallest absolute Gasteiger partial charge is 0.184 e. The Morgan fingerprint density at radius 2 is 2.11 bits per heavy atom. The lowest BCUT2D eigenvalue weighted by Gasteiger charge is -2.15. The van der Waals surface area contributed by atoms with Gasteiger partial charge in [-0.3, -0.25) is 4.68 Å². The fourth-order valence-electron chi connectivity index (χ4n) is 3.98. The Morgan fingerprint density at radius 1 is 1.21 bits per heavy atom. The van der Waals surface area contributed by atoms with Gasteiger partial charge in [-0.15, -0.1) is 0 Å². The number of aromatic nitrogens is 4. The van der Waals surface area contributed by atoms with Gasteiger partial charge in [0.1, 0.15) is 18.2 Å². The van der Waals surface area contributed by atoms with Crippen LogP contribution in [0.3, 0.4) is 0 Å². The Hall–Kier alpha value is -3.79. The molecule has 2 heterocycles. The Morgan fingerprint density at radius 3 is 2.93 bits per heavy atom. The van der Waals surface area contributed by atoms with E-state index in [-0.39, 0.29) is 11.6 Å². The minimum absolute atomic E-state index is 0.00537.